The highest BCUT2D eigenvalue weighted by atomic mass is 32.1. The maximum absolute atomic E-state index is 14.1. The van der Waals surface area contributed by atoms with Crippen LogP contribution in [0.5, 0.6) is 0 Å². The Morgan fingerprint density at radius 1 is 1.09 bits per heavy atom. The van der Waals surface area contributed by atoms with Gasteiger partial charge in [0.2, 0.25) is 5.13 Å². The molecule has 0 bridgehead atoms. The number of halogens is 2. The molecule has 0 saturated heterocycles. The van der Waals surface area contributed by atoms with Crippen LogP contribution in [0.4, 0.5) is 13.9 Å². The molecule has 7 nitrogen and oxygen atoms in total. The summed E-state index contributed by atoms with van der Waals surface area (Å²) in [5.74, 6) is -1.50. The Labute approximate surface area is 187 Å². The lowest BCUT2D eigenvalue weighted by Crippen LogP contribution is -2.14. The van der Waals surface area contributed by atoms with Gasteiger partial charge in [-0.25, -0.2) is 13.5 Å². The fourth-order valence-corrected chi connectivity index (χ4v) is 3.64. The van der Waals surface area contributed by atoms with Crippen LogP contribution in [0.15, 0.2) is 42.5 Å². The molecule has 1 amide bonds. The van der Waals surface area contributed by atoms with Crippen molar-refractivity contribution in [2.45, 2.75) is 33.1 Å². The molecule has 0 atom stereocenters. The molecule has 32 heavy (non-hydrogen) atoms. The average molecular weight is 455 g/mol. The highest BCUT2D eigenvalue weighted by molar-refractivity contribution is 7.10. The van der Waals surface area contributed by atoms with Gasteiger partial charge in [0.15, 0.2) is 17.3 Å². The molecular formula is C22H20F2N6OS. The Hall–Kier alpha value is -3.53. The normalized spacial score (nSPS) is 11.6. The third-order valence-electron chi connectivity index (χ3n) is 4.90. The molecule has 1 N–H and O–H groups in total. The number of hydrogen-bond acceptors (Lipinski definition) is 6. The lowest BCUT2D eigenvalue weighted by Gasteiger charge is -2.18. The third kappa shape index (κ3) is 4.26. The number of amides is 1. The standard InChI is InChI=1S/C22H20F2N6OS/c1-12-18(27-29-30(12)17-10-9-15(23)11-16(17)24)19-25-21(32-28-19)26-20(31)13-5-7-14(8-6-13)22(2,3)4/h5-11H,1-4H3,(H,25,26,28,31). The molecule has 2 aromatic carbocycles. The number of aromatic nitrogens is 5. The van der Waals surface area contributed by atoms with Crippen molar-refractivity contribution < 1.29 is 13.6 Å². The summed E-state index contributed by atoms with van der Waals surface area (Å²) in [6, 6.07) is 10.6. The maximum atomic E-state index is 14.1. The molecule has 4 rings (SSSR count). The number of carbonyl (C=O) groups is 1. The second-order valence-corrected chi connectivity index (χ2v) is 8.99. The van der Waals surface area contributed by atoms with Gasteiger partial charge in [-0.2, -0.15) is 9.36 Å². The summed E-state index contributed by atoms with van der Waals surface area (Å²) < 4.78 is 32.8. The Bertz CT molecular complexity index is 1290. The molecule has 2 heterocycles. The van der Waals surface area contributed by atoms with E-state index in [1.54, 1.807) is 19.1 Å². The van der Waals surface area contributed by atoms with Crippen molar-refractivity contribution in [2.75, 3.05) is 5.32 Å². The SMILES string of the molecule is Cc1c(-c2nsc(NC(=O)c3ccc(C(C)(C)C)cc3)n2)nnn1-c1ccc(F)cc1F. The van der Waals surface area contributed by atoms with Crippen molar-refractivity contribution in [1.82, 2.24) is 24.4 Å². The van der Waals surface area contributed by atoms with E-state index in [4.69, 9.17) is 0 Å². The maximum Gasteiger partial charge on any atom is 0.257 e. The van der Waals surface area contributed by atoms with Crippen molar-refractivity contribution in [3.63, 3.8) is 0 Å². The molecular weight excluding hydrogens is 434 g/mol. The van der Waals surface area contributed by atoms with E-state index in [-0.39, 0.29) is 22.8 Å². The molecule has 164 valence electrons. The molecule has 4 aromatic rings. The highest BCUT2D eigenvalue weighted by Gasteiger charge is 2.20. The largest absolute Gasteiger partial charge is 0.297 e. The molecule has 2 aromatic heterocycles. The van der Waals surface area contributed by atoms with Crippen LogP contribution in [0, 0.1) is 18.6 Å². The molecule has 0 aliphatic carbocycles. The van der Waals surface area contributed by atoms with Crippen LogP contribution >= 0.6 is 11.5 Å². The van der Waals surface area contributed by atoms with Crippen LogP contribution in [-0.2, 0) is 5.41 Å². The monoisotopic (exact) mass is 454 g/mol. The van der Waals surface area contributed by atoms with Crippen molar-refractivity contribution in [3.05, 3.63) is 70.9 Å². The molecule has 0 saturated carbocycles. The van der Waals surface area contributed by atoms with Gasteiger partial charge in [0.25, 0.3) is 5.91 Å². The summed E-state index contributed by atoms with van der Waals surface area (Å²) in [4.78, 5) is 16.9. The van der Waals surface area contributed by atoms with E-state index < -0.39 is 11.6 Å². The smallest absolute Gasteiger partial charge is 0.257 e. The minimum Gasteiger partial charge on any atom is -0.297 e. The molecule has 0 aliphatic heterocycles. The predicted molar refractivity (Wildman–Crippen MR) is 118 cm³/mol. The fraction of sp³-hybridized carbons (Fsp3) is 0.227. The van der Waals surface area contributed by atoms with E-state index in [0.29, 0.717) is 22.1 Å². The molecule has 0 fully saturated rings. The second kappa shape index (κ2) is 8.19. The summed E-state index contributed by atoms with van der Waals surface area (Å²) in [7, 11) is 0. The zero-order valence-corrected chi connectivity index (χ0v) is 18.7. The van der Waals surface area contributed by atoms with Gasteiger partial charge in [0.05, 0.1) is 5.69 Å². The lowest BCUT2D eigenvalue weighted by molar-refractivity contribution is 0.102. The van der Waals surface area contributed by atoms with E-state index in [0.717, 1.165) is 29.2 Å². The van der Waals surface area contributed by atoms with Crippen LogP contribution in [0.1, 0.15) is 42.4 Å². The number of anilines is 1. The molecule has 0 unspecified atom stereocenters. The summed E-state index contributed by atoms with van der Waals surface area (Å²) in [6.07, 6.45) is 0. The second-order valence-electron chi connectivity index (χ2n) is 8.24. The average Bonchev–Trinajstić information content (AvgIpc) is 3.34. The first-order valence-electron chi connectivity index (χ1n) is 9.77. The minimum absolute atomic E-state index is 0.00470. The molecule has 10 heteroatoms. The van der Waals surface area contributed by atoms with Crippen LogP contribution in [-0.4, -0.2) is 30.3 Å². The zero-order valence-electron chi connectivity index (χ0n) is 17.8. The van der Waals surface area contributed by atoms with Gasteiger partial charge in [-0.1, -0.05) is 38.1 Å². The predicted octanol–water partition coefficient (Wildman–Crippen LogP) is 4.92. The van der Waals surface area contributed by atoms with Crippen LogP contribution in [0.25, 0.3) is 17.2 Å². The number of benzene rings is 2. The number of carbonyl (C=O) groups excluding carboxylic acids is 1. The first kappa shape index (κ1) is 21.7. The van der Waals surface area contributed by atoms with Crippen LogP contribution < -0.4 is 5.32 Å². The fourth-order valence-electron chi connectivity index (χ4n) is 3.08. The zero-order chi connectivity index (χ0) is 23.0. The first-order chi connectivity index (χ1) is 15.1. The van der Waals surface area contributed by atoms with Crippen molar-refractivity contribution in [3.8, 4) is 17.2 Å². The lowest BCUT2D eigenvalue weighted by atomic mass is 9.87. The number of rotatable bonds is 4. The molecule has 0 spiro atoms. The van der Waals surface area contributed by atoms with Crippen molar-refractivity contribution >= 4 is 22.6 Å². The summed E-state index contributed by atoms with van der Waals surface area (Å²) >= 11 is 1.000. The first-order valence-corrected chi connectivity index (χ1v) is 10.5. The number of hydrogen-bond donors (Lipinski definition) is 1. The van der Waals surface area contributed by atoms with E-state index in [1.807, 2.05) is 12.1 Å². The topological polar surface area (TPSA) is 85.6 Å². The van der Waals surface area contributed by atoms with Gasteiger partial charge in [0, 0.05) is 23.2 Å². The van der Waals surface area contributed by atoms with Gasteiger partial charge in [-0.3, -0.25) is 10.1 Å². The van der Waals surface area contributed by atoms with Gasteiger partial charge in [-0.15, -0.1) is 5.10 Å². The summed E-state index contributed by atoms with van der Waals surface area (Å²) in [6.45, 7) is 7.99. The Balaban J connectivity index is 1.53. The molecule has 0 aliphatic rings. The van der Waals surface area contributed by atoms with Crippen molar-refractivity contribution in [2.24, 2.45) is 0 Å². The minimum atomic E-state index is -0.763. The molecule has 0 radical (unpaired) electrons. The van der Waals surface area contributed by atoms with E-state index in [9.17, 15) is 13.6 Å². The quantitative estimate of drug-likeness (QED) is 0.473. The van der Waals surface area contributed by atoms with E-state index in [1.165, 1.54) is 10.7 Å². The van der Waals surface area contributed by atoms with Gasteiger partial charge in [0.1, 0.15) is 11.5 Å². The third-order valence-corrected chi connectivity index (χ3v) is 5.53. The highest BCUT2D eigenvalue weighted by Crippen LogP contribution is 2.26. The van der Waals surface area contributed by atoms with E-state index >= 15 is 0 Å². The Morgan fingerprint density at radius 2 is 1.81 bits per heavy atom. The number of nitrogens with zero attached hydrogens (tertiary/aromatic N) is 5. The Morgan fingerprint density at radius 3 is 2.47 bits per heavy atom. The summed E-state index contributed by atoms with van der Waals surface area (Å²) in [5, 5.41) is 11.0. The Kier molecular flexibility index (Phi) is 5.55. The van der Waals surface area contributed by atoms with Gasteiger partial charge in [-0.05, 0) is 42.2 Å². The number of nitrogens with one attached hydrogen (secondary N) is 1. The van der Waals surface area contributed by atoms with E-state index in [2.05, 4.69) is 45.8 Å². The van der Waals surface area contributed by atoms with Crippen LogP contribution in [0.3, 0.4) is 0 Å². The van der Waals surface area contributed by atoms with Crippen LogP contribution in [0.2, 0.25) is 0 Å². The van der Waals surface area contributed by atoms with Gasteiger partial charge >= 0.3 is 0 Å². The van der Waals surface area contributed by atoms with Gasteiger partial charge < -0.3 is 0 Å². The summed E-state index contributed by atoms with van der Waals surface area (Å²) in [5.41, 5.74) is 2.50. The van der Waals surface area contributed by atoms with Crippen molar-refractivity contribution in [1.29, 1.82) is 0 Å².